The summed E-state index contributed by atoms with van der Waals surface area (Å²) in [5.41, 5.74) is 1.24. The highest BCUT2D eigenvalue weighted by atomic mass is 32.1. The zero-order valence-electron chi connectivity index (χ0n) is 13.9. The molecule has 0 N–H and O–H groups in total. The first kappa shape index (κ1) is 15.4. The van der Waals surface area contributed by atoms with E-state index in [0.717, 1.165) is 42.4 Å². The largest absolute Gasteiger partial charge is 0.291 e. The summed E-state index contributed by atoms with van der Waals surface area (Å²) in [6.45, 7) is 5.45. The van der Waals surface area contributed by atoms with Crippen molar-refractivity contribution < 1.29 is 0 Å². The lowest BCUT2D eigenvalue weighted by Gasteiger charge is -2.17. The molecule has 0 unspecified atom stereocenters. The zero-order chi connectivity index (χ0) is 16.7. The molecule has 0 spiro atoms. The fraction of sp³-hybridized carbons (Fsp3) is 0.562. The van der Waals surface area contributed by atoms with Gasteiger partial charge in [-0.05, 0) is 47.6 Å². The number of aromatic nitrogens is 6. The second kappa shape index (κ2) is 6.08. The number of thiophene rings is 1. The van der Waals surface area contributed by atoms with Gasteiger partial charge in [-0.2, -0.15) is 0 Å². The van der Waals surface area contributed by atoms with Crippen LogP contribution in [0.25, 0.3) is 10.2 Å². The SMILES string of the molecule is CCCn1nnnc1Cn1cnc2sc3c(c2c1=O)CC[C@H](C)C3. The fourth-order valence-electron chi connectivity index (χ4n) is 3.35. The van der Waals surface area contributed by atoms with Crippen LogP contribution >= 0.6 is 11.3 Å². The van der Waals surface area contributed by atoms with Crippen LogP contribution < -0.4 is 5.56 Å². The number of hydrogen-bond donors (Lipinski definition) is 0. The van der Waals surface area contributed by atoms with Gasteiger partial charge in [-0.15, -0.1) is 16.4 Å². The molecule has 24 heavy (non-hydrogen) atoms. The molecule has 8 heteroatoms. The van der Waals surface area contributed by atoms with Crippen molar-refractivity contribution in [2.45, 2.75) is 52.6 Å². The molecule has 7 nitrogen and oxygen atoms in total. The Labute approximate surface area is 143 Å². The van der Waals surface area contributed by atoms with Crippen LogP contribution in [0.1, 0.15) is 43.0 Å². The van der Waals surface area contributed by atoms with Crippen molar-refractivity contribution in [2.24, 2.45) is 5.92 Å². The van der Waals surface area contributed by atoms with Gasteiger partial charge in [-0.25, -0.2) is 9.67 Å². The van der Waals surface area contributed by atoms with Crippen LogP contribution in [0, 0.1) is 5.92 Å². The van der Waals surface area contributed by atoms with Gasteiger partial charge in [0.25, 0.3) is 5.56 Å². The molecule has 0 radical (unpaired) electrons. The standard InChI is InChI=1S/C16H20N6OS/c1-3-6-22-13(18-19-20-22)8-21-9-17-15-14(16(21)23)11-5-4-10(2)7-12(11)24-15/h9-10H,3-8H2,1-2H3/t10-/m0/s1. The predicted molar refractivity (Wildman–Crippen MR) is 92.3 cm³/mol. The van der Waals surface area contributed by atoms with E-state index in [9.17, 15) is 4.79 Å². The lowest BCUT2D eigenvalue weighted by Crippen LogP contribution is -2.24. The van der Waals surface area contributed by atoms with Crippen LogP contribution in [0.15, 0.2) is 11.1 Å². The molecule has 1 aliphatic rings. The van der Waals surface area contributed by atoms with Crippen LogP contribution in [-0.2, 0) is 25.9 Å². The molecule has 3 aromatic heterocycles. The Balaban J connectivity index is 1.76. The van der Waals surface area contributed by atoms with Crippen molar-refractivity contribution in [2.75, 3.05) is 0 Å². The minimum Gasteiger partial charge on any atom is -0.291 e. The Morgan fingerprint density at radius 2 is 2.29 bits per heavy atom. The molecular weight excluding hydrogens is 324 g/mol. The van der Waals surface area contributed by atoms with E-state index in [2.05, 4.69) is 34.4 Å². The lowest BCUT2D eigenvalue weighted by molar-refractivity contribution is 0.509. The first-order chi connectivity index (χ1) is 11.7. The Morgan fingerprint density at radius 3 is 3.12 bits per heavy atom. The summed E-state index contributed by atoms with van der Waals surface area (Å²) < 4.78 is 3.38. The number of aryl methyl sites for hydroxylation is 2. The smallest absolute Gasteiger partial charge is 0.262 e. The summed E-state index contributed by atoms with van der Waals surface area (Å²) in [6, 6.07) is 0. The van der Waals surface area contributed by atoms with Crippen molar-refractivity contribution in [3.63, 3.8) is 0 Å². The highest BCUT2D eigenvalue weighted by Crippen LogP contribution is 2.35. The Hall–Kier alpha value is -2.09. The average molecular weight is 344 g/mol. The van der Waals surface area contributed by atoms with Gasteiger partial charge in [-0.3, -0.25) is 9.36 Å². The highest BCUT2D eigenvalue weighted by molar-refractivity contribution is 7.18. The van der Waals surface area contributed by atoms with Gasteiger partial charge in [0.05, 0.1) is 18.3 Å². The summed E-state index contributed by atoms with van der Waals surface area (Å²) in [5.74, 6) is 1.38. The third kappa shape index (κ3) is 2.54. The molecule has 3 aromatic rings. The minimum atomic E-state index is 0.0260. The van der Waals surface area contributed by atoms with Gasteiger partial charge < -0.3 is 0 Å². The van der Waals surface area contributed by atoms with Crippen LogP contribution in [0.5, 0.6) is 0 Å². The van der Waals surface area contributed by atoms with E-state index in [1.807, 2.05) is 0 Å². The summed E-state index contributed by atoms with van der Waals surface area (Å²) in [5, 5.41) is 12.6. The third-order valence-corrected chi connectivity index (χ3v) is 5.80. The summed E-state index contributed by atoms with van der Waals surface area (Å²) in [6.07, 6.45) is 5.75. The van der Waals surface area contributed by atoms with E-state index in [4.69, 9.17) is 0 Å². The predicted octanol–water partition coefficient (Wildman–Crippen LogP) is 2.03. The van der Waals surface area contributed by atoms with Gasteiger partial charge in [0.2, 0.25) is 0 Å². The van der Waals surface area contributed by atoms with Gasteiger partial charge in [-0.1, -0.05) is 13.8 Å². The second-order valence-corrected chi connectivity index (χ2v) is 7.61. The third-order valence-electron chi connectivity index (χ3n) is 4.64. The van der Waals surface area contributed by atoms with E-state index in [0.29, 0.717) is 18.3 Å². The molecule has 0 aromatic carbocycles. The quantitative estimate of drug-likeness (QED) is 0.723. The van der Waals surface area contributed by atoms with Crippen molar-refractivity contribution in [1.82, 2.24) is 29.8 Å². The number of nitrogens with zero attached hydrogens (tertiary/aromatic N) is 6. The number of rotatable bonds is 4. The van der Waals surface area contributed by atoms with Gasteiger partial charge in [0.15, 0.2) is 5.82 Å². The van der Waals surface area contributed by atoms with E-state index in [1.165, 1.54) is 10.4 Å². The van der Waals surface area contributed by atoms with Crippen molar-refractivity contribution >= 4 is 21.6 Å². The van der Waals surface area contributed by atoms with E-state index >= 15 is 0 Å². The molecule has 126 valence electrons. The number of tetrazole rings is 1. The lowest BCUT2D eigenvalue weighted by atomic mass is 9.89. The molecule has 0 amide bonds. The van der Waals surface area contributed by atoms with Crippen LogP contribution in [0.3, 0.4) is 0 Å². The summed E-state index contributed by atoms with van der Waals surface area (Å²) in [7, 11) is 0. The zero-order valence-corrected chi connectivity index (χ0v) is 14.7. The van der Waals surface area contributed by atoms with Crippen LogP contribution in [-0.4, -0.2) is 29.8 Å². The summed E-state index contributed by atoms with van der Waals surface area (Å²) >= 11 is 1.68. The molecule has 1 aliphatic carbocycles. The fourth-order valence-corrected chi connectivity index (χ4v) is 4.69. The molecular formula is C16H20N6OS. The van der Waals surface area contributed by atoms with Crippen molar-refractivity contribution in [3.8, 4) is 0 Å². The maximum Gasteiger partial charge on any atom is 0.262 e. The summed E-state index contributed by atoms with van der Waals surface area (Å²) in [4.78, 5) is 19.7. The maximum atomic E-state index is 13.0. The molecule has 0 saturated carbocycles. The molecule has 1 atom stereocenters. The first-order valence-corrected chi connectivity index (χ1v) is 9.23. The minimum absolute atomic E-state index is 0.0260. The Kier molecular flexibility index (Phi) is 3.91. The monoisotopic (exact) mass is 344 g/mol. The molecule has 0 aliphatic heterocycles. The van der Waals surface area contributed by atoms with Crippen molar-refractivity contribution in [3.05, 3.63) is 32.9 Å². The number of hydrogen-bond acceptors (Lipinski definition) is 6. The molecule has 0 fully saturated rings. The van der Waals surface area contributed by atoms with E-state index in [1.54, 1.807) is 26.9 Å². The topological polar surface area (TPSA) is 78.5 Å². The van der Waals surface area contributed by atoms with E-state index in [-0.39, 0.29) is 5.56 Å². The average Bonchev–Trinajstić information content (AvgIpc) is 3.14. The van der Waals surface area contributed by atoms with Crippen LogP contribution in [0.2, 0.25) is 0 Å². The second-order valence-electron chi connectivity index (χ2n) is 6.53. The number of fused-ring (bicyclic) bond motifs is 3. The first-order valence-electron chi connectivity index (χ1n) is 8.42. The maximum absolute atomic E-state index is 13.0. The molecule has 3 heterocycles. The van der Waals surface area contributed by atoms with Gasteiger partial charge in [0, 0.05) is 11.4 Å². The van der Waals surface area contributed by atoms with Gasteiger partial charge >= 0.3 is 0 Å². The normalized spacial score (nSPS) is 17.3. The molecule has 0 bridgehead atoms. The Bertz CT molecular complexity index is 940. The Morgan fingerprint density at radius 1 is 1.42 bits per heavy atom. The van der Waals surface area contributed by atoms with E-state index < -0.39 is 0 Å². The highest BCUT2D eigenvalue weighted by Gasteiger charge is 2.23. The van der Waals surface area contributed by atoms with Crippen LogP contribution in [0.4, 0.5) is 0 Å². The van der Waals surface area contributed by atoms with Crippen molar-refractivity contribution in [1.29, 1.82) is 0 Å². The molecule has 4 rings (SSSR count). The molecule has 0 saturated heterocycles. The van der Waals surface area contributed by atoms with Gasteiger partial charge in [0.1, 0.15) is 4.83 Å².